The lowest BCUT2D eigenvalue weighted by molar-refractivity contribution is -0.136. The Morgan fingerprint density at radius 1 is 1.36 bits per heavy atom. The van der Waals surface area contributed by atoms with Crippen LogP contribution in [0.25, 0.3) is 11.0 Å². The summed E-state index contributed by atoms with van der Waals surface area (Å²) in [6.07, 6.45) is -2.52. The van der Waals surface area contributed by atoms with E-state index in [1.807, 2.05) is 0 Å². The summed E-state index contributed by atoms with van der Waals surface area (Å²) in [6.45, 7) is 0. The number of H-pyrrole nitrogens is 1. The Balaban J connectivity index is 2.70. The number of aromatic amines is 1. The van der Waals surface area contributed by atoms with Crippen LogP contribution in [-0.4, -0.2) is 15.0 Å². The van der Waals surface area contributed by atoms with Gasteiger partial charge in [-0.15, -0.1) is 0 Å². The standard InChI is InChI=1S/C7H3ClF3N3/c8-6-13-1-3-4(7(9,10)11)2-12-5(3)14-6/h1-2H,(H,12,13,14). The van der Waals surface area contributed by atoms with Gasteiger partial charge in [-0.3, -0.25) is 0 Å². The molecule has 2 heterocycles. The molecule has 0 spiro atoms. The predicted molar refractivity (Wildman–Crippen MR) is 43.9 cm³/mol. The monoisotopic (exact) mass is 221 g/mol. The Labute approximate surface area is 80.9 Å². The number of alkyl halides is 3. The molecule has 0 aliphatic carbocycles. The van der Waals surface area contributed by atoms with Gasteiger partial charge in [0.1, 0.15) is 5.65 Å². The maximum absolute atomic E-state index is 12.3. The minimum Gasteiger partial charge on any atom is -0.345 e. The topological polar surface area (TPSA) is 41.6 Å². The third-order valence-corrected chi connectivity index (χ3v) is 1.89. The molecule has 0 saturated carbocycles. The van der Waals surface area contributed by atoms with E-state index in [0.717, 1.165) is 12.4 Å². The van der Waals surface area contributed by atoms with E-state index in [0.29, 0.717) is 0 Å². The molecular weight excluding hydrogens is 219 g/mol. The first-order valence-corrected chi connectivity index (χ1v) is 3.93. The lowest BCUT2D eigenvalue weighted by Crippen LogP contribution is -2.03. The van der Waals surface area contributed by atoms with Crippen LogP contribution in [0.5, 0.6) is 0 Å². The molecule has 0 bridgehead atoms. The van der Waals surface area contributed by atoms with Crippen molar-refractivity contribution >= 4 is 22.6 Å². The summed E-state index contributed by atoms with van der Waals surface area (Å²) in [5.74, 6) is 0. The van der Waals surface area contributed by atoms with Crippen molar-refractivity contribution in [1.82, 2.24) is 15.0 Å². The molecule has 1 N–H and O–H groups in total. The highest BCUT2D eigenvalue weighted by atomic mass is 35.5. The molecular formula is C7H3ClF3N3. The third kappa shape index (κ3) is 1.41. The van der Waals surface area contributed by atoms with Gasteiger partial charge >= 0.3 is 6.18 Å². The molecule has 3 nitrogen and oxygen atoms in total. The number of nitrogens with zero attached hydrogens (tertiary/aromatic N) is 2. The average molecular weight is 222 g/mol. The van der Waals surface area contributed by atoms with Gasteiger partial charge in [0.05, 0.1) is 5.56 Å². The summed E-state index contributed by atoms with van der Waals surface area (Å²) in [6, 6.07) is 0. The zero-order chi connectivity index (χ0) is 10.3. The van der Waals surface area contributed by atoms with E-state index in [-0.39, 0.29) is 16.3 Å². The highest BCUT2D eigenvalue weighted by Gasteiger charge is 2.33. The van der Waals surface area contributed by atoms with E-state index in [4.69, 9.17) is 11.6 Å². The van der Waals surface area contributed by atoms with Crippen LogP contribution in [0.1, 0.15) is 5.56 Å². The number of rotatable bonds is 0. The number of hydrogen-bond donors (Lipinski definition) is 1. The maximum Gasteiger partial charge on any atom is 0.418 e. The highest BCUT2D eigenvalue weighted by Crippen LogP contribution is 2.33. The van der Waals surface area contributed by atoms with Crippen molar-refractivity contribution < 1.29 is 13.2 Å². The lowest BCUT2D eigenvalue weighted by Gasteiger charge is -2.02. The predicted octanol–water partition coefficient (Wildman–Crippen LogP) is 2.63. The Kier molecular flexibility index (Phi) is 1.88. The quantitative estimate of drug-likeness (QED) is 0.695. The number of nitrogens with one attached hydrogen (secondary N) is 1. The normalized spacial score (nSPS) is 12.3. The van der Waals surface area contributed by atoms with Crippen LogP contribution in [0.2, 0.25) is 5.28 Å². The van der Waals surface area contributed by atoms with Gasteiger partial charge in [0.2, 0.25) is 5.28 Å². The summed E-state index contributed by atoms with van der Waals surface area (Å²) >= 11 is 5.42. The van der Waals surface area contributed by atoms with Crippen molar-refractivity contribution in [2.75, 3.05) is 0 Å². The van der Waals surface area contributed by atoms with Gasteiger partial charge in [0.15, 0.2) is 0 Å². The van der Waals surface area contributed by atoms with Gasteiger partial charge in [-0.1, -0.05) is 0 Å². The van der Waals surface area contributed by atoms with Gasteiger partial charge in [0.25, 0.3) is 0 Å². The van der Waals surface area contributed by atoms with Crippen molar-refractivity contribution in [3.63, 3.8) is 0 Å². The third-order valence-electron chi connectivity index (χ3n) is 1.71. The fraction of sp³-hybridized carbons (Fsp3) is 0.143. The van der Waals surface area contributed by atoms with E-state index in [1.54, 1.807) is 0 Å². The van der Waals surface area contributed by atoms with Gasteiger partial charge in [-0.05, 0) is 11.6 Å². The summed E-state index contributed by atoms with van der Waals surface area (Å²) < 4.78 is 37.0. The molecule has 2 rings (SSSR count). The second-order valence-electron chi connectivity index (χ2n) is 2.60. The number of fused-ring (bicyclic) bond motifs is 1. The van der Waals surface area contributed by atoms with Crippen LogP contribution in [0.3, 0.4) is 0 Å². The van der Waals surface area contributed by atoms with Crippen molar-refractivity contribution in [3.05, 3.63) is 23.2 Å². The van der Waals surface area contributed by atoms with Gasteiger partial charge in [-0.2, -0.15) is 18.2 Å². The van der Waals surface area contributed by atoms with E-state index in [1.165, 1.54) is 0 Å². The molecule has 0 radical (unpaired) electrons. The first kappa shape index (κ1) is 9.26. The molecule has 0 aliphatic heterocycles. The van der Waals surface area contributed by atoms with Crippen molar-refractivity contribution in [2.24, 2.45) is 0 Å². The van der Waals surface area contributed by atoms with Crippen LogP contribution in [-0.2, 0) is 6.18 Å². The van der Waals surface area contributed by atoms with Crippen LogP contribution in [0.4, 0.5) is 13.2 Å². The van der Waals surface area contributed by atoms with Crippen LogP contribution >= 0.6 is 11.6 Å². The van der Waals surface area contributed by atoms with Gasteiger partial charge < -0.3 is 4.98 Å². The maximum atomic E-state index is 12.3. The molecule has 2 aromatic heterocycles. The molecule has 0 atom stereocenters. The zero-order valence-electron chi connectivity index (χ0n) is 6.56. The minimum absolute atomic E-state index is 0.0809. The number of halogens is 4. The second-order valence-corrected chi connectivity index (χ2v) is 2.94. The van der Waals surface area contributed by atoms with E-state index < -0.39 is 11.7 Å². The lowest BCUT2D eigenvalue weighted by atomic mass is 10.2. The molecule has 0 unspecified atom stereocenters. The summed E-state index contributed by atoms with van der Waals surface area (Å²) in [4.78, 5) is 9.48. The second kappa shape index (κ2) is 2.84. The molecule has 7 heteroatoms. The summed E-state index contributed by atoms with van der Waals surface area (Å²) in [5, 5.41) is -0.171. The molecule has 2 aromatic rings. The number of aromatic nitrogens is 3. The molecule has 0 saturated heterocycles. The van der Waals surface area contributed by atoms with Crippen molar-refractivity contribution in [1.29, 1.82) is 0 Å². The van der Waals surface area contributed by atoms with Gasteiger partial charge in [-0.25, -0.2) is 4.98 Å². The highest BCUT2D eigenvalue weighted by molar-refractivity contribution is 6.28. The molecule has 74 valence electrons. The molecule has 0 aromatic carbocycles. The summed E-state index contributed by atoms with van der Waals surface area (Å²) in [7, 11) is 0. The zero-order valence-corrected chi connectivity index (χ0v) is 7.32. The Hall–Kier alpha value is -1.30. The molecule has 0 aliphatic rings. The SMILES string of the molecule is FC(F)(F)c1c[nH]c2nc(Cl)ncc12. The fourth-order valence-electron chi connectivity index (χ4n) is 1.12. The molecule has 0 fully saturated rings. The molecule has 14 heavy (non-hydrogen) atoms. The van der Waals surface area contributed by atoms with E-state index >= 15 is 0 Å². The minimum atomic E-state index is -4.41. The first-order chi connectivity index (χ1) is 6.48. The van der Waals surface area contributed by atoms with Crippen molar-refractivity contribution in [2.45, 2.75) is 6.18 Å². The van der Waals surface area contributed by atoms with Crippen LogP contribution in [0, 0.1) is 0 Å². The number of hydrogen-bond acceptors (Lipinski definition) is 2. The average Bonchev–Trinajstić information content (AvgIpc) is 2.45. The van der Waals surface area contributed by atoms with Crippen molar-refractivity contribution in [3.8, 4) is 0 Å². The van der Waals surface area contributed by atoms with E-state index in [9.17, 15) is 13.2 Å². The smallest absolute Gasteiger partial charge is 0.345 e. The largest absolute Gasteiger partial charge is 0.418 e. The summed E-state index contributed by atoms with van der Waals surface area (Å²) in [5.41, 5.74) is -0.707. The van der Waals surface area contributed by atoms with Crippen LogP contribution < -0.4 is 0 Å². The van der Waals surface area contributed by atoms with Gasteiger partial charge in [0, 0.05) is 17.8 Å². The Bertz CT molecular complexity index is 476. The Morgan fingerprint density at radius 3 is 2.71 bits per heavy atom. The van der Waals surface area contributed by atoms with Crippen LogP contribution in [0.15, 0.2) is 12.4 Å². The van der Waals surface area contributed by atoms with E-state index in [2.05, 4.69) is 15.0 Å². The molecule has 0 amide bonds. The fourth-order valence-corrected chi connectivity index (χ4v) is 1.25. The first-order valence-electron chi connectivity index (χ1n) is 3.55. The Morgan fingerprint density at radius 2 is 2.07 bits per heavy atom.